The number of nitrogens with one attached hydrogen (secondary N) is 1. The molecule has 1 amide bonds. The van der Waals surface area contributed by atoms with Crippen LogP contribution in [0.1, 0.15) is 24.0 Å². The van der Waals surface area contributed by atoms with E-state index in [1.54, 1.807) is 19.1 Å². The van der Waals surface area contributed by atoms with Gasteiger partial charge in [0, 0.05) is 25.1 Å². The fourth-order valence-electron chi connectivity index (χ4n) is 4.22. The third kappa shape index (κ3) is 4.39. The maximum absolute atomic E-state index is 13.8. The van der Waals surface area contributed by atoms with Gasteiger partial charge in [0.25, 0.3) is 5.91 Å². The van der Waals surface area contributed by atoms with E-state index in [9.17, 15) is 9.59 Å². The summed E-state index contributed by atoms with van der Waals surface area (Å²) >= 11 is 0. The molecule has 2 aromatic rings. The van der Waals surface area contributed by atoms with E-state index < -0.39 is 12.1 Å². The van der Waals surface area contributed by atoms with E-state index in [2.05, 4.69) is 10.3 Å². The Morgan fingerprint density at radius 2 is 1.84 bits per heavy atom. The number of hydrogen-bond acceptors (Lipinski definition) is 7. The molecule has 32 heavy (non-hydrogen) atoms. The van der Waals surface area contributed by atoms with Gasteiger partial charge in [-0.15, -0.1) is 0 Å². The third-order valence-electron chi connectivity index (χ3n) is 5.78. The zero-order valence-corrected chi connectivity index (χ0v) is 18.5. The summed E-state index contributed by atoms with van der Waals surface area (Å²) in [4.78, 5) is 31.9. The highest BCUT2D eigenvalue weighted by atomic mass is 16.5. The molecule has 4 rings (SSSR count). The number of fused-ring (bicyclic) bond motifs is 1. The number of carbonyl (C=O) groups is 2. The molecule has 0 radical (unpaired) electrons. The van der Waals surface area contributed by atoms with Crippen molar-refractivity contribution in [3.8, 4) is 11.5 Å². The normalized spacial score (nSPS) is 20.0. The van der Waals surface area contributed by atoms with Crippen molar-refractivity contribution in [3.05, 3.63) is 53.6 Å². The molecule has 0 aromatic heterocycles. The zero-order chi connectivity index (χ0) is 22.7. The van der Waals surface area contributed by atoms with Gasteiger partial charge in [-0.05, 0) is 47.9 Å². The number of carbonyl (C=O) groups excluding carboxylic acids is 2. The number of hydrogen-bond donors (Lipinski definition) is 1. The monoisotopic (exact) mass is 437 g/mol. The van der Waals surface area contributed by atoms with Gasteiger partial charge in [-0.1, -0.05) is 12.1 Å². The molecule has 8 heteroatoms. The summed E-state index contributed by atoms with van der Waals surface area (Å²) in [7, 11) is 3.22. The highest BCUT2D eigenvalue weighted by Crippen LogP contribution is 2.38. The van der Waals surface area contributed by atoms with Crippen molar-refractivity contribution in [3.63, 3.8) is 0 Å². The van der Waals surface area contributed by atoms with Crippen LogP contribution in [0.15, 0.2) is 47.5 Å². The van der Waals surface area contributed by atoms with Crippen LogP contribution in [-0.4, -0.2) is 57.7 Å². The average molecular weight is 437 g/mol. The number of aliphatic imine (C=N–C) groups is 1. The molecule has 2 heterocycles. The molecule has 0 spiro atoms. The molecule has 0 bridgehead atoms. The number of amides is 1. The molecule has 1 N–H and O–H groups in total. The number of ether oxygens (including phenoxy) is 3. The lowest BCUT2D eigenvalue weighted by Gasteiger charge is -2.28. The van der Waals surface area contributed by atoms with Gasteiger partial charge >= 0.3 is 5.97 Å². The molecular formula is C24H27N3O5. The fourth-order valence-corrected chi connectivity index (χ4v) is 4.22. The van der Waals surface area contributed by atoms with Gasteiger partial charge in [-0.2, -0.15) is 0 Å². The maximum atomic E-state index is 13.8. The van der Waals surface area contributed by atoms with Crippen LogP contribution in [0.5, 0.6) is 11.5 Å². The van der Waals surface area contributed by atoms with E-state index in [1.165, 1.54) is 6.92 Å². The van der Waals surface area contributed by atoms with Crippen LogP contribution in [0.3, 0.4) is 0 Å². The summed E-state index contributed by atoms with van der Waals surface area (Å²) in [5.74, 6) is 1.01. The van der Waals surface area contributed by atoms with Gasteiger partial charge in [0.1, 0.15) is 17.3 Å². The molecule has 8 nitrogen and oxygen atoms in total. The average Bonchev–Trinajstić information content (AvgIpc) is 3.29. The summed E-state index contributed by atoms with van der Waals surface area (Å²) < 4.78 is 16.3. The number of rotatable bonds is 6. The Morgan fingerprint density at radius 1 is 1.12 bits per heavy atom. The first-order valence-electron chi connectivity index (χ1n) is 10.6. The van der Waals surface area contributed by atoms with Crippen molar-refractivity contribution >= 4 is 23.4 Å². The minimum absolute atomic E-state index is 0.277. The second-order valence-electron chi connectivity index (χ2n) is 7.79. The number of methoxy groups -OCH3 is 2. The molecule has 168 valence electrons. The molecule has 0 saturated heterocycles. The Kier molecular flexibility index (Phi) is 6.30. The fraction of sp³-hybridized carbons (Fsp3) is 0.375. The Labute approximate surface area is 187 Å². The van der Waals surface area contributed by atoms with E-state index in [4.69, 9.17) is 14.2 Å². The van der Waals surface area contributed by atoms with Crippen molar-refractivity contribution in [1.29, 1.82) is 0 Å². The lowest BCUT2D eigenvalue weighted by Crippen LogP contribution is -2.46. The Bertz CT molecular complexity index is 1030. The Hall–Kier alpha value is -3.55. The van der Waals surface area contributed by atoms with Gasteiger partial charge < -0.3 is 24.4 Å². The van der Waals surface area contributed by atoms with Gasteiger partial charge in [0.05, 0.1) is 27.3 Å². The summed E-state index contributed by atoms with van der Waals surface area (Å²) in [5.41, 5.74) is 2.59. The standard InChI is InChI=1S/C24H27N3O5/c1-15(28)32-23-20(16-4-6-18(30-2)7-5-16)13-17-12-19(31-3)8-9-21(17)27(24(23)29)14-22-25-10-11-26-22/h4-9,12,20,23H,10-11,13-14H2,1-3H3,(H,25,26)/t20-,23+/m0/s1. The van der Waals surface area contributed by atoms with Crippen LogP contribution in [0.2, 0.25) is 0 Å². The smallest absolute Gasteiger partial charge is 0.303 e. The predicted molar refractivity (Wildman–Crippen MR) is 121 cm³/mol. The van der Waals surface area contributed by atoms with Crippen molar-refractivity contribution in [2.24, 2.45) is 4.99 Å². The quantitative estimate of drug-likeness (QED) is 0.698. The third-order valence-corrected chi connectivity index (χ3v) is 5.78. The topological polar surface area (TPSA) is 89.5 Å². The minimum atomic E-state index is -0.971. The highest BCUT2D eigenvalue weighted by Gasteiger charge is 2.40. The first kappa shape index (κ1) is 21.7. The van der Waals surface area contributed by atoms with Crippen LogP contribution in [0.25, 0.3) is 0 Å². The Morgan fingerprint density at radius 3 is 2.47 bits per heavy atom. The molecule has 2 aliphatic rings. The second-order valence-corrected chi connectivity index (χ2v) is 7.79. The number of benzene rings is 2. The lowest BCUT2D eigenvalue weighted by atomic mass is 9.87. The maximum Gasteiger partial charge on any atom is 0.303 e. The molecule has 0 saturated carbocycles. The minimum Gasteiger partial charge on any atom is -0.497 e. The van der Waals surface area contributed by atoms with Gasteiger partial charge in [0.15, 0.2) is 6.10 Å². The van der Waals surface area contributed by atoms with Crippen molar-refractivity contribution in [1.82, 2.24) is 5.32 Å². The largest absolute Gasteiger partial charge is 0.497 e. The van der Waals surface area contributed by atoms with Crippen molar-refractivity contribution < 1.29 is 23.8 Å². The molecule has 0 aliphatic carbocycles. The number of nitrogens with zero attached hydrogens (tertiary/aromatic N) is 2. The lowest BCUT2D eigenvalue weighted by molar-refractivity contribution is -0.154. The highest BCUT2D eigenvalue weighted by molar-refractivity contribution is 6.04. The van der Waals surface area contributed by atoms with E-state index in [1.807, 2.05) is 42.5 Å². The van der Waals surface area contributed by atoms with Gasteiger partial charge in [0.2, 0.25) is 0 Å². The van der Waals surface area contributed by atoms with E-state index in [0.29, 0.717) is 24.5 Å². The number of amidine groups is 1. The van der Waals surface area contributed by atoms with Crippen LogP contribution in [0.4, 0.5) is 5.69 Å². The summed E-state index contributed by atoms with van der Waals surface area (Å²) in [5, 5.41) is 3.22. The Balaban J connectivity index is 1.81. The molecule has 2 atom stereocenters. The van der Waals surface area contributed by atoms with Crippen molar-refractivity contribution in [2.75, 3.05) is 38.8 Å². The van der Waals surface area contributed by atoms with Crippen molar-refractivity contribution in [2.45, 2.75) is 25.4 Å². The second kappa shape index (κ2) is 9.30. The first-order valence-corrected chi connectivity index (χ1v) is 10.6. The van der Waals surface area contributed by atoms with E-state index in [-0.39, 0.29) is 18.4 Å². The molecule has 0 unspecified atom stereocenters. The SMILES string of the molecule is COc1ccc([C@@H]2Cc3cc(OC)ccc3N(CC3=NCCN3)C(=O)[C@@H]2OC(C)=O)cc1. The van der Waals surface area contributed by atoms with Gasteiger partial charge in [-0.25, -0.2) is 0 Å². The van der Waals surface area contributed by atoms with Crippen LogP contribution < -0.4 is 19.7 Å². The molecule has 2 aliphatic heterocycles. The first-order chi connectivity index (χ1) is 15.5. The van der Waals surface area contributed by atoms with E-state index >= 15 is 0 Å². The number of anilines is 1. The molecule has 2 aromatic carbocycles. The molecule has 0 fully saturated rings. The van der Waals surface area contributed by atoms with E-state index in [0.717, 1.165) is 29.2 Å². The van der Waals surface area contributed by atoms with Crippen LogP contribution in [0, 0.1) is 0 Å². The predicted octanol–water partition coefficient (Wildman–Crippen LogP) is 2.31. The zero-order valence-electron chi connectivity index (χ0n) is 18.5. The van der Waals surface area contributed by atoms with Crippen LogP contribution >= 0.6 is 0 Å². The summed E-state index contributed by atoms with van der Waals surface area (Å²) in [6.07, 6.45) is -0.472. The summed E-state index contributed by atoms with van der Waals surface area (Å²) in [6.45, 7) is 3.03. The summed E-state index contributed by atoms with van der Waals surface area (Å²) in [6, 6.07) is 13.2. The molecular weight excluding hydrogens is 410 g/mol. The number of esters is 1. The van der Waals surface area contributed by atoms with Gasteiger partial charge in [-0.3, -0.25) is 14.6 Å². The van der Waals surface area contributed by atoms with Crippen LogP contribution in [-0.2, 0) is 20.7 Å².